The Morgan fingerprint density at radius 3 is 2.82 bits per heavy atom. The quantitative estimate of drug-likeness (QED) is 0.557. The van der Waals surface area contributed by atoms with Crippen LogP contribution in [0.5, 0.6) is 0 Å². The largest absolute Gasteiger partial charge is 0.481 e. The molecule has 2 unspecified atom stereocenters. The molecule has 5 nitrogen and oxygen atoms in total. The summed E-state index contributed by atoms with van der Waals surface area (Å²) >= 11 is 0. The van der Waals surface area contributed by atoms with Crippen molar-refractivity contribution in [2.75, 3.05) is 7.11 Å². The van der Waals surface area contributed by atoms with Gasteiger partial charge in [0.15, 0.2) is 0 Å². The number of hydrogen-bond acceptors (Lipinski definition) is 4. The summed E-state index contributed by atoms with van der Waals surface area (Å²) < 4.78 is 9.17. The number of hydrogen-bond donors (Lipinski definition) is 1. The van der Waals surface area contributed by atoms with E-state index in [0.29, 0.717) is 0 Å². The molecule has 5 heteroatoms. The van der Waals surface area contributed by atoms with Crippen LogP contribution in [0.15, 0.2) is 0 Å². The van der Waals surface area contributed by atoms with E-state index in [1.165, 1.54) is 7.11 Å². The van der Waals surface area contributed by atoms with Gasteiger partial charge in [-0.15, -0.1) is 0 Å². The molecule has 0 aromatic carbocycles. The number of carboxylic acids is 1. The lowest BCUT2D eigenvalue weighted by Crippen LogP contribution is -2.25. The van der Waals surface area contributed by atoms with Gasteiger partial charge in [0.1, 0.15) is 5.92 Å². The number of aliphatic carboxylic acids is 1. The van der Waals surface area contributed by atoms with E-state index in [-0.39, 0.29) is 6.42 Å². The van der Waals surface area contributed by atoms with Gasteiger partial charge in [0, 0.05) is 7.11 Å². The van der Waals surface area contributed by atoms with Gasteiger partial charge in [-0.2, -0.15) is 0 Å². The fraction of sp³-hybridized carbons (Fsp3) is 0.667. The maximum absolute atomic E-state index is 10.6. The van der Waals surface area contributed by atoms with Crippen LogP contribution in [0.4, 0.5) is 0 Å². The van der Waals surface area contributed by atoms with Crippen molar-refractivity contribution in [1.82, 2.24) is 0 Å². The smallest absolute Gasteiger partial charge is 0.313 e. The zero-order valence-electron chi connectivity index (χ0n) is 5.94. The van der Waals surface area contributed by atoms with Crippen LogP contribution in [-0.2, 0) is 19.1 Å². The molecule has 11 heavy (non-hydrogen) atoms. The predicted molar refractivity (Wildman–Crippen MR) is 32.6 cm³/mol. The second-order valence-corrected chi connectivity index (χ2v) is 2.24. The summed E-state index contributed by atoms with van der Waals surface area (Å²) in [5.41, 5.74) is 0. The van der Waals surface area contributed by atoms with Gasteiger partial charge in [-0.05, 0) is 0 Å². The lowest BCUT2D eigenvalue weighted by Gasteiger charge is -2.10. The Bertz CT molecular complexity index is 187. The second kappa shape index (κ2) is 2.87. The van der Waals surface area contributed by atoms with E-state index in [0.717, 1.165) is 0 Å². The van der Waals surface area contributed by atoms with E-state index in [9.17, 15) is 9.59 Å². The monoisotopic (exact) mass is 160 g/mol. The molecular weight excluding hydrogens is 152 g/mol. The number of ether oxygens (including phenoxy) is 2. The molecule has 0 aromatic rings. The highest BCUT2D eigenvalue weighted by Gasteiger charge is 2.40. The van der Waals surface area contributed by atoms with E-state index < -0.39 is 24.1 Å². The lowest BCUT2D eigenvalue weighted by atomic mass is 10.1. The highest BCUT2D eigenvalue weighted by atomic mass is 16.7. The minimum atomic E-state index is -1.07. The third kappa shape index (κ3) is 1.48. The third-order valence-electron chi connectivity index (χ3n) is 1.51. The average molecular weight is 160 g/mol. The van der Waals surface area contributed by atoms with Crippen molar-refractivity contribution in [1.29, 1.82) is 0 Å². The summed E-state index contributed by atoms with van der Waals surface area (Å²) in [5, 5.41) is 8.52. The molecular formula is C6H8O5. The average Bonchev–Trinajstić information content (AvgIpc) is 2.30. The van der Waals surface area contributed by atoms with Crippen molar-refractivity contribution < 1.29 is 24.2 Å². The molecule has 1 fully saturated rings. The Morgan fingerprint density at radius 2 is 2.45 bits per heavy atom. The van der Waals surface area contributed by atoms with Crippen molar-refractivity contribution in [2.45, 2.75) is 12.7 Å². The Hall–Kier alpha value is -1.10. The molecule has 0 radical (unpaired) electrons. The van der Waals surface area contributed by atoms with Gasteiger partial charge in [0.25, 0.3) is 0 Å². The van der Waals surface area contributed by atoms with Crippen molar-refractivity contribution in [3.63, 3.8) is 0 Å². The number of cyclic esters (lactones) is 1. The fourth-order valence-electron chi connectivity index (χ4n) is 0.952. The number of carboxylic acid groups (broad SMARTS) is 1. The van der Waals surface area contributed by atoms with E-state index in [1.54, 1.807) is 0 Å². The second-order valence-electron chi connectivity index (χ2n) is 2.24. The minimum absolute atomic E-state index is 0.103. The summed E-state index contributed by atoms with van der Waals surface area (Å²) in [7, 11) is 1.30. The topological polar surface area (TPSA) is 72.8 Å². The number of methoxy groups -OCH3 is 1. The highest BCUT2D eigenvalue weighted by Crippen LogP contribution is 2.22. The zero-order valence-corrected chi connectivity index (χ0v) is 5.94. The number of carbonyl (C=O) groups is 2. The molecule has 0 spiro atoms. The first-order chi connectivity index (χ1) is 5.15. The van der Waals surface area contributed by atoms with E-state index >= 15 is 0 Å². The molecule has 2 atom stereocenters. The van der Waals surface area contributed by atoms with Crippen LogP contribution in [0.3, 0.4) is 0 Å². The van der Waals surface area contributed by atoms with Crippen molar-refractivity contribution in [3.05, 3.63) is 0 Å². The molecule has 0 saturated carbocycles. The van der Waals surface area contributed by atoms with Crippen LogP contribution in [0.25, 0.3) is 0 Å². The third-order valence-corrected chi connectivity index (χ3v) is 1.51. The molecule has 0 aliphatic carbocycles. The minimum Gasteiger partial charge on any atom is -0.481 e. The Balaban J connectivity index is 2.64. The van der Waals surface area contributed by atoms with Crippen LogP contribution in [0, 0.1) is 5.92 Å². The van der Waals surface area contributed by atoms with Gasteiger partial charge in [-0.1, -0.05) is 0 Å². The van der Waals surface area contributed by atoms with Crippen LogP contribution in [0.2, 0.25) is 0 Å². The van der Waals surface area contributed by atoms with Crippen LogP contribution in [-0.4, -0.2) is 30.4 Å². The van der Waals surface area contributed by atoms with Crippen LogP contribution < -0.4 is 0 Å². The summed E-state index contributed by atoms with van der Waals surface area (Å²) in [4.78, 5) is 21.0. The van der Waals surface area contributed by atoms with E-state index in [1.807, 2.05) is 0 Å². The predicted octanol–water partition coefficient (Wildman–Crippen LogP) is -0.393. The van der Waals surface area contributed by atoms with Crippen LogP contribution in [0.1, 0.15) is 6.42 Å². The van der Waals surface area contributed by atoms with Gasteiger partial charge >= 0.3 is 11.9 Å². The molecule has 1 saturated heterocycles. The van der Waals surface area contributed by atoms with E-state index in [2.05, 4.69) is 9.47 Å². The number of rotatable bonds is 2. The molecule has 0 amide bonds. The lowest BCUT2D eigenvalue weighted by molar-refractivity contribution is -0.167. The Labute approximate surface area is 62.9 Å². The van der Waals surface area contributed by atoms with Gasteiger partial charge in [0.05, 0.1) is 6.42 Å². The molecule has 0 aromatic heterocycles. The highest BCUT2D eigenvalue weighted by molar-refractivity contribution is 5.82. The van der Waals surface area contributed by atoms with Gasteiger partial charge in [0.2, 0.25) is 6.29 Å². The van der Waals surface area contributed by atoms with Crippen molar-refractivity contribution >= 4 is 11.9 Å². The maximum atomic E-state index is 10.6. The molecule has 1 aliphatic rings. The SMILES string of the molecule is COC1OC(=O)CC1C(=O)O. The van der Waals surface area contributed by atoms with Crippen molar-refractivity contribution in [2.24, 2.45) is 5.92 Å². The molecule has 1 heterocycles. The standard InChI is InChI=1S/C6H8O5/c1-10-6-3(5(8)9)2-4(7)11-6/h3,6H,2H2,1H3,(H,8,9). The van der Waals surface area contributed by atoms with Gasteiger partial charge < -0.3 is 14.6 Å². The normalized spacial score (nSPS) is 30.1. The fourth-order valence-corrected chi connectivity index (χ4v) is 0.952. The first-order valence-corrected chi connectivity index (χ1v) is 3.10. The number of carbonyl (C=O) groups excluding carboxylic acids is 1. The van der Waals surface area contributed by atoms with Gasteiger partial charge in [-0.25, -0.2) is 0 Å². The summed E-state index contributed by atoms with van der Waals surface area (Å²) in [6.45, 7) is 0. The maximum Gasteiger partial charge on any atom is 0.313 e. The number of esters is 1. The Morgan fingerprint density at radius 1 is 1.82 bits per heavy atom. The summed E-state index contributed by atoms with van der Waals surface area (Å²) in [6.07, 6.45) is -1.02. The molecule has 62 valence electrons. The summed E-state index contributed by atoms with van der Waals surface area (Å²) in [6, 6.07) is 0. The van der Waals surface area contributed by atoms with Crippen molar-refractivity contribution in [3.8, 4) is 0 Å². The molecule has 1 rings (SSSR count). The zero-order chi connectivity index (χ0) is 8.43. The first kappa shape index (κ1) is 8.00. The molecule has 1 N–H and O–H groups in total. The molecule has 1 aliphatic heterocycles. The van der Waals surface area contributed by atoms with Gasteiger partial charge in [-0.3, -0.25) is 9.59 Å². The summed E-state index contributed by atoms with van der Waals surface area (Å²) in [5.74, 6) is -2.44. The molecule has 0 bridgehead atoms. The van der Waals surface area contributed by atoms with E-state index in [4.69, 9.17) is 5.11 Å². The first-order valence-electron chi connectivity index (χ1n) is 3.10. The van der Waals surface area contributed by atoms with Crippen LogP contribution >= 0.6 is 0 Å². The Kier molecular flexibility index (Phi) is 2.09.